The molecule has 2 bridgehead atoms. The van der Waals surface area contributed by atoms with Crippen LogP contribution >= 0.6 is 7.92 Å². The van der Waals surface area contributed by atoms with Gasteiger partial charge in [-0.25, -0.2) is 4.39 Å². The van der Waals surface area contributed by atoms with Crippen LogP contribution in [-0.2, 0) is 0 Å². The van der Waals surface area contributed by atoms with E-state index in [1.807, 2.05) is 12.1 Å². The van der Waals surface area contributed by atoms with Crippen LogP contribution in [0, 0.1) is 5.82 Å². The van der Waals surface area contributed by atoms with Gasteiger partial charge in [0.25, 0.3) is 0 Å². The highest BCUT2D eigenvalue weighted by molar-refractivity contribution is 7.69. The first-order valence-electron chi connectivity index (χ1n) is 6.14. The van der Waals surface area contributed by atoms with Crippen LogP contribution in [0.25, 0.3) is 5.31 Å². The van der Waals surface area contributed by atoms with Gasteiger partial charge in [0.15, 0.2) is 0 Å². The smallest absolute Gasteiger partial charge is 0.131 e. The average molecular weight is 249 g/mol. The van der Waals surface area contributed by atoms with Crippen molar-refractivity contribution >= 4 is 13.2 Å². The molecule has 2 aliphatic rings. The van der Waals surface area contributed by atoms with Crippen LogP contribution in [0.4, 0.5) is 4.39 Å². The van der Waals surface area contributed by atoms with Gasteiger partial charge in [0, 0.05) is 23.9 Å². The summed E-state index contributed by atoms with van der Waals surface area (Å²) >= 11 is 0. The van der Waals surface area contributed by atoms with Crippen LogP contribution in [0.2, 0.25) is 0 Å². The van der Waals surface area contributed by atoms with Crippen LogP contribution in [0.3, 0.4) is 0 Å². The van der Waals surface area contributed by atoms with Crippen LogP contribution in [0.5, 0.6) is 0 Å². The fourth-order valence-corrected chi connectivity index (χ4v) is 5.84. The molecule has 1 aromatic rings. The van der Waals surface area contributed by atoms with Gasteiger partial charge in [0.1, 0.15) is 5.82 Å². The van der Waals surface area contributed by atoms with Crippen molar-refractivity contribution in [1.82, 2.24) is 4.90 Å². The van der Waals surface area contributed by atoms with E-state index in [9.17, 15) is 4.39 Å². The van der Waals surface area contributed by atoms with Gasteiger partial charge >= 0.3 is 0 Å². The Balaban J connectivity index is 1.92. The summed E-state index contributed by atoms with van der Waals surface area (Å²) in [6.07, 6.45) is 4.68. The summed E-state index contributed by atoms with van der Waals surface area (Å²) in [5, 5.41) is 1.29. The molecule has 3 heteroatoms. The Morgan fingerprint density at radius 2 is 2.12 bits per heavy atom. The Bertz CT molecular complexity index is 469. The quantitative estimate of drug-likeness (QED) is 0.722. The van der Waals surface area contributed by atoms with Crippen molar-refractivity contribution in [3.05, 3.63) is 41.7 Å². The van der Waals surface area contributed by atoms with Gasteiger partial charge in [0.05, 0.1) is 0 Å². The summed E-state index contributed by atoms with van der Waals surface area (Å²) in [5.41, 5.74) is 0.838. The molecule has 2 heterocycles. The molecular weight excluding hydrogens is 232 g/mol. The molecule has 90 valence electrons. The standard InChI is InChI=1S/C14H17FNP/c1-10(2)16-9-17-8-11(16)7-14(17)12-5-3-4-6-13(12)15/h3-7,10-11H,8-9H2,1-2H3/t11?,17-/m0/s1. The number of benzene rings is 1. The van der Waals surface area contributed by atoms with Gasteiger partial charge in [-0.3, -0.25) is 4.90 Å². The van der Waals surface area contributed by atoms with Gasteiger partial charge in [-0.15, -0.1) is 0 Å². The zero-order chi connectivity index (χ0) is 12.0. The van der Waals surface area contributed by atoms with Crippen molar-refractivity contribution in [2.45, 2.75) is 25.9 Å². The Kier molecular flexibility index (Phi) is 2.80. The highest BCUT2D eigenvalue weighted by Gasteiger charge is 2.40. The van der Waals surface area contributed by atoms with E-state index < -0.39 is 0 Å². The van der Waals surface area contributed by atoms with Gasteiger partial charge in [-0.1, -0.05) is 32.2 Å². The first-order chi connectivity index (χ1) is 8.16. The number of hydrogen-bond donors (Lipinski definition) is 0. The van der Waals surface area contributed by atoms with Crippen molar-refractivity contribution in [3.8, 4) is 0 Å². The lowest BCUT2D eigenvalue weighted by Gasteiger charge is -2.29. The minimum absolute atomic E-state index is 0.0649. The van der Waals surface area contributed by atoms with E-state index in [1.165, 1.54) is 11.5 Å². The summed E-state index contributed by atoms with van der Waals surface area (Å²) in [6.45, 7) is 4.49. The maximum absolute atomic E-state index is 13.8. The Morgan fingerprint density at radius 3 is 2.71 bits per heavy atom. The molecule has 1 nitrogen and oxygen atoms in total. The van der Waals surface area contributed by atoms with E-state index in [4.69, 9.17) is 0 Å². The van der Waals surface area contributed by atoms with Gasteiger partial charge in [0.2, 0.25) is 0 Å². The highest BCUT2D eigenvalue weighted by atomic mass is 31.1. The molecule has 0 radical (unpaired) electrons. The molecule has 1 unspecified atom stereocenters. The third-order valence-corrected chi connectivity index (χ3v) is 6.23. The molecule has 2 atom stereocenters. The molecule has 0 amide bonds. The predicted octanol–water partition coefficient (Wildman–Crippen LogP) is 3.71. The SMILES string of the molecule is CC(C)N1C[P@]2CC1C=C2c1ccccc1F. The second kappa shape index (κ2) is 4.19. The molecule has 17 heavy (non-hydrogen) atoms. The van der Waals surface area contributed by atoms with Crippen molar-refractivity contribution in [2.75, 3.05) is 12.4 Å². The summed E-state index contributed by atoms with van der Waals surface area (Å²) in [5.74, 6) is -0.0649. The molecule has 1 saturated heterocycles. The third-order valence-electron chi connectivity index (χ3n) is 3.67. The first-order valence-corrected chi connectivity index (χ1v) is 7.85. The highest BCUT2D eigenvalue weighted by Crippen LogP contribution is 2.61. The number of halogens is 1. The summed E-state index contributed by atoms with van der Waals surface area (Å²) in [4.78, 5) is 2.54. The van der Waals surface area contributed by atoms with E-state index in [0.717, 1.165) is 11.8 Å². The maximum Gasteiger partial charge on any atom is 0.131 e. The van der Waals surface area contributed by atoms with Crippen molar-refractivity contribution in [2.24, 2.45) is 0 Å². The van der Waals surface area contributed by atoms with E-state index >= 15 is 0 Å². The summed E-state index contributed by atoms with van der Waals surface area (Å²) < 4.78 is 13.8. The lowest BCUT2D eigenvalue weighted by molar-refractivity contribution is 0.245. The fourth-order valence-electron chi connectivity index (χ4n) is 2.78. The van der Waals surface area contributed by atoms with Crippen molar-refractivity contribution in [1.29, 1.82) is 0 Å². The number of fused-ring (bicyclic) bond motifs is 2. The Morgan fingerprint density at radius 1 is 1.35 bits per heavy atom. The molecule has 1 aromatic carbocycles. The molecule has 0 aromatic heterocycles. The molecule has 0 spiro atoms. The number of hydrogen-bond acceptors (Lipinski definition) is 1. The lowest BCUT2D eigenvalue weighted by Crippen LogP contribution is -2.35. The average Bonchev–Trinajstić information content (AvgIpc) is 2.88. The van der Waals surface area contributed by atoms with Crippen molar-refractivity contribution in [3.63, 3.8) is 0 Å². The second-order valence-corrected chi connectivity index (χ2v) is 7.28. The summed E-state index contributed by atoms with van der Waals surface area (Å²) in [7, 11) is -0.149. The van der Waals surface area contributed by atoms with Crippen molar-refractivity contribution < 1.29 is 4.39 Å². The predicted molar refractivity (Wildman–Crippen MR) is 71.8 cm³/mol. The van der Waals surface area contributed by atoms with Crippen LogP contribution in [0.1, 0.15) is 19.4 Å². The zero-order valence-corrected chi connectivity index (χ0v) is 11.1. The molecule has 1 fully saturated rings. The van der Waals surface area contributed by atoms with E-state index in [-0.39, 0.29) is 13.7 Å². The Labute approximate surface area is 103 Å². The summed E-state index contributed by atoms with van der Waals surface area (Å²) in [6, 6.07) is 8.34. The molecular formula is C14H17FNP. The van der Waals surface area contributed by atoms with Crippen LogP contribution in [-0.4, -0.2) is 29.4 Å². The zero-order valence-electron chi connectivity index (χ0n) is 10.2. The minimum Gasteiger partial charge on any atom is -0.290 e. The molecule has 0 saturated carbocycles. The van der Waals surface area contributed by atoms with E-state index in [1.54, 1.807) is 12.1 Å². The topological polar surface area (TPSA) is 3.24 Å². The first kappa shape index (κ1) is 11.4. The normalized spacial score (nSPS) is 27.9. The second-order valence-electron chi connectivity index (χ2n) is 5.07. The monoisotopic (exact) mass is 249 g/mol. The van der Waals surface area contributed by atoms with Gasteiger partial charge < -0.3 is 0 Å². The lowest BCUT2D eigenvalue weighted by atomic mass is 10.1. The minimum atomic E-state index is -0.149. The van der Waals surface area contributed by atoms with Crippen LogP contribution in [0.15, 0.2) is 30.3 Å². The number of rotatable bonds is 2. The molecule has 0 aliphatic carbocycles. The van der Waals surface area contributed by atoms with E-state index in [0.29, 0.717) is 12.1 Å². The molecule has 0 N–H and O–H groups in total. The fraction of sp³-hybridized carbons (Fsp3) is 0.429. The van der Waals surface area contributed by atoms with E-state index in [2.05, 4.69) is 24.8 Å². The molecule has 2 aliphatic heterocycles. The maximum atomic E-state index is 13.8. The largest absolute Gasteiger partial charge is 0.290 e. The third kappa shape index (κ3) is 1.84. The van der Waals surface area contributed by atoms with Gasteiger partial charge in [-0.2, -0.15) is 0 Å². The number of nitrogens with zero attached hydrogens (tertiary/aromatic N) is 1. The Hall–Kier alpha value is -0.720. The van der Waals surface area contributed by atoms with Gasteiger partial charge in [-0.05, 0) is 31.4 Å². The molecule has 3 rings (SSSR count). The van der Waals surface area contributed by atoms with Crippen LogP contribution < -0.4 is 0 Å².